The Bertz CT molecular complexity index is 1260. The van der Waals surface area contributed by atoms with E-state index in [1.54, 1.807) is 42.5 Å². The fraction of sp³-hybridized carbons (Fsp3) is 0.167. The number of phenolic OH excluding ortho intramolecular Hbond substituents is 1. The van der Waals surface area contributed by atoms with Gasteiger partial charge in [0.05, 0.1) is 25.3 Å². The minimum Gasteiger partial charge on any atom is -0.504 e. The molecular weight excluding hydrogens is 458 g/mol. The highest BCUT2D eigenvalue weighted by molar-refractivity contribution is 7.92. The standard InChI is InChI=1S/C24H25N3O6S/c1-17(24(29)26-25-16-18-9-14-22(28)23(15-18)32-2)27(34(3,30)31)19-10-12-21(13-11-19)33-20-7-5-4-6-8-20/h4-17,28H,1-3H3,(H,26,29)/b25-16-/t17-/m0/s1. The summed E-state index contributed by atoms with van der Waals surface area (Å²) in [6.07, 6.45) is 2.38. The van der Waals surface area contributed by atoms with Gasteiger partial charge in [0, 0.05) is 0 Å². The number of aromatic hydroxyl groups is 1. The second kappa shape index (κ2) is 10.7. The van der Waals surface area contributed by atoms with Gasteiger partial charge in [-0.05, 0) is 67.1 Å². The number of carbonyl (C=O) groups excluding carboxylic acids is 1. The summed E-state index contributed by atoms with van der Waals surface area (Å²) in [5.41, 5.74) is 3.22. The third kappa shape index (κ3) is 6.26. The monoisotopic (exact) mass is 483 g/mol. The van der Waals surface area contributed by atoms with Crippen molar-refractivity contribution in [3.63, 3.8) is 0 Å². The van der Waals surface area contributed by atoms with Gasteiger partial charge in [0.2, 0.25) is 10.0 Å². The summed E-state index contributed by atoms with van der Waals surface area (Å²) in [4.78, 5) is 12.7. The highest BCUT2D eigenvalue weighted by atomic mass is 32.2. The van der Waals surface area contributed by atoms with Crippen LogP contribution in [0.4, 0.5) is 5.69 Å². The predicted molar refractivity (Wildman–Crippen MR) is 130 cm³/mol. The average molecular weight is 484 g/mol. The molecule has 34 heavy (non-hydrogen) atoms. The van der Waals surface area contributed by atoms with E-state index in [-0.39, 0.29) is 11.5 Å². The van der Waals surface area contributed by atoms with Crippen LogP contribution >= 0.6 is 0 Å². The molecule has 178 valence electrons. The van der Waals surface area contributed by atoms with Crippen LogP contribution in [0.1, 0.15) is 12.5 Å². The Hall–Kier alpha value is -4.05. The van der Waals surface area contributed by atoms with Gasteiger partial charge in [0.15, 0.2) is 11.5 Å². The molecule has 0 fully saturated rings. The first-order valence-corrected chi connectivity index (χ1v) is 12.1. The second-order valence-corrected chi connectivity index (χ2v) is 9.17. The number of nitrogens with zero attached hydrogens (tertiary/aromatic N) is 2. The van der Waals surface area contributed by atoms with Gasteiger partial charge in [-0.2, -0.15) is 5.10 Å². The van der Waals surface area contributed by atoms with Crippen LogP contribution in [0.3, 0.4) is 0 Å². The fourth-order valence-electron chi connectivity index (χ4n) is 3.13. The summed E-state index contributed by atoms with van der Waals surface area (Å²) in [5.74, 6) is 0.770. The number of rotatable bonds is 9. The molecule has 1 amide bonds. The van der Waals surface area contributed by atoms with E-state index >= 15 is 0 Å². The number of amides is 1. The molecule has 0 aliphatic rings. The third-order valence-electron chi connectivity index (χ3n) is 4.75. The molecule has 3 aromatic carbocycles. The van der Waals surface area contributed by atoms with Gasteiger partial charge >= 0.3 is 0 Å². The topological polar surface area (TPSA) is 118 Å². The lowest BCUT2D eigenvalue weighted by molar-refractivity contribution is -0.121. The number of phenols is 1. The molecule has 0 aliphatic carbocycles. The second-order valence-electron chi connectivity index (χ2n) is 7.31. The molecule has 0 saturated heterocycles. The molecule has 0 bridgehead atoms. The molecule has 0 heterocycles. The van der Waals surface area contributed by atoms with Crippen molar-refractivity contribution in [3.8, 4) is 23.0 Å². The lowest BCUT2D eigenvalue weighted by Gasteiger charge is -2.27. The number of hydrogen-bond acceptors (Lipinski definition) is 7. The van der Waals surface area contributed by atoms with Crippen LogP contribution in [0.2, 0.25) is 0 Å². The maximum Gasteiger partial charge on any atom is 0.263 e. The number of nitrogens with one attached hydrogen (secondary N) is 1. The lowest BCUT2D eigenvalue weighted by atomic mass is 10.2. The number of benzene rings is 3. The minimum atomic E-state index is -3.79. The molecule has 3 aromatic rings. The Kier molecular flexibility index (Phi) is 7.75. The van der Waals surface area contributed by atoms with Gasteiger partial charge in [-0.1, -0.05) is 18.2 Å². The Balaban J connectivity index is 1.72. The van der Waals surface area contributed by atoms with Crippen LogP contribution < -0.4 is 19.2 Å². The SMILES string of the molecule is COc1cc(/C=N\NC(=O)[C@H](C)N(c2ccc(Oc3ccccc3)cc2)S(C)(=O)=O)ccc1O. The molecule has 9 nitrogen and oxygen atoms in total. The number of carbonyl (C=O) groups is 1. The van der Waals surface area contributed by atoms with Crippen LogP contribution in [-0.2, 0) is 14.8 Å². The zero-order valence-electron chi connectivity index (χ0n) is 18.9. The van der Waals surface area contributed by atoms with Crippen molar-refractivity contribution in [1.82, 2.24) is 5.43 Å². The predicted octanol–water partition coefficient (Wildman–Crippen LogP) is 3.50. The van der Waals surface area contributed by atoms with Crippen LogP contribution in [0.15, 0.2) is 77.9 Å². The molecule has 3 rings (SSSR count). The zero-order valence-corrected chi connectivity index (χ0v) is 19.7. The van der Waals surface area contributed by atoms with Crippen molar-refractivity contribution in [1.29, 1.82) is 0 Å². The summed E-state index contributed by atoms with van der Waals surface area (Å²) in [6.45, 7) is 1.46. The van der Waals surface area contributed by atoms with E-state index in [2.05, 4.69) is 10.5 Å². The Labute approximate surface area is 198 Å². The van der Waals surface area contributed by atoms with Gasteiger partial charge in [-0.3, -0.25) is 9.10 Å². The molecule has 0 unspecified atom stereocenters. The first kappa shape index (κ1) is 24.6. The van der Waals surface area contributed by atoms with Crippen molar-refractivity contribution in [2.75, 3.05) is 17.7 Å². The van der Waals surface area contributed by atoms with Gasteiger partial charge in [-0.25, -0.2) is 13.8 Å². The number of hydrazone groups is 1. The number of ether oxygens (including phenoxy) is 2. The van der Waals surface area contributed by atoms with E-state index in [9.17, 15) is 18.3 Å². The molecule has 0 spiro atoms. The molecule has 0 aromatic heterocycles. The van der Waals surface area contributed by atoms with Gasteiger partial charge in [0.25, 0.3) is 5.91 Å². The maximum absolute atomic E-state index is 12.7. The summed E-state index contributed by atoms with van der Waals surface area (Å²) in [5, 5.41) is 13.5. The summed E-state index contributed by atoms with van der Waals surface area (Å²) in [7, 11) is -2.37. The summed E-state index contributed by atoms with van der Waals surface area (Å²) < 4.78 is 36.8. The van der Waals surface area contributed by atoms with Crippen molar-refractivity contribution >= 4 is 27.8 Å². The first-order chi connectivity index (χ1) is 16.2. The van der Waals surface area contributed by atoms with E-state index in [1.165, 1.54) is 32.4 Å². The number of sulfonamides is 1. The van der Waals surface area contributed by atoms with Crippen LogP contribution in [0.25, 0.3) is 0 Å². The largest absolute Gasteiger partial charge is 0.504 e. The van der Waals surface area contributed by atoms with Gasteiger partial charge in [0.1, 0.15) is 17.5 Å². The molecule has 10 heteroatoms. The lowest BCUT2D eigenvalue weighted by Crippen LogP contribution is -2.46. The molecule has 0 saturated carbocycles. The van der Waals surface area contributed by atoms with Gasteiger partial charge in [-0.15, -0.1) is 0 Å². The molecule has 0 radical (unpaired) electrons. The number of para-hydroxylation sites is 1. The van der Waals surface area contributed by atoms with Crippen LogP contribution in [-0.4, -0.2) is 45.1 Å². The van der Waals surface area contributed by atoms with Gasteiger partial charge < -0.3 is 14.6 Å². The molecule has 2 N–H and O–H groups in total. The smallest absolute Gasteiger partial charge is 0.263 e. The van der Waals surface area contributed by atoms with Crippen LogP contribution in [0.5, 0.6) is 23.0 Å². The van der Waals surface area contributed by atoms with Crippen LogP contribution in [0, 0.1) is 0 Å². The summed E-state index contributed by atoms with van der Waals surface area (Å²) in [6, 6.07) is 19.0. The maximum atomic E-state index is 12.7. The van der Waals surface area contributed by atoms with E-state index < -0.39 is 22.0 Å². The average Bonchev–Trinajstić information content (AvgIpc) is 2.81. The number of anilines is 1. The fourth-order valence-corrected chi connectivity index (χ4v) is 4.31. The molecular formula is C24H25N3O6S. The molecule has 0 aliphatic heterocycles. The normalized spacial score (nSPS) is 12.2. The van der Waals surface area contributed by atoms with Crippen molar-refractivity contribution in [2.24, 2.45) is 5.10 Å². The Morgan fingerprint density at radius 3 is 2.32 bits per heavy atom. The van der Waals surface area contributed by atoms with E-state index in [0.29, 0.717) is 22.7 Å². The zero-order chi connectivity index (χ0) is 24.7. The Morgan fingerprint density at radius 1 is 1.06 bits per heavy atom. The van der Waals surface area contributed by atoms with E-state index in [4.69, 9.17) is 9.47 Å². The summed E-state index contributed by atoms with van der Waals surface area (Å²) >= 11 is 0. The van der Waals surface area contributed by atoms with Crippen molar-refractivity contribution in [2.45, 2.75) is 13.0 Å². The van der Waals surface area contributed by atoms with E-state index in [1.807, 2.05) is 18.2 Å². The minimum absolute atomic E-state index is 0.0266. The highest BCUT2D eigenvalue weighted by Crippen LogP contribution is 2.27. The number of methoxy groups -OCH3 is 1. The van der Waals surface area contributed by atoms with Crippen molar-refractivity contribution < 1.29 is 27.8 Å². The third-order valence-corrected chi connectivity index (χ3v) is 5.99. The Morgan fingerprint density at radius 2 is 1.71 bits per heavy atom. The number of hydrogen-bond donors (Lipinski definition) is 2. The highest BCUT2D eigenvalue weighted by Gasteiger charge is 2.29. The molecule has 1 atom stereocenters. The van der Waals surface area contributed by atoms with E-state index in [0.717, 1.165) is 10.6 Å². The van der Waals surface area contributed by atoms with Crippen molar-refractivity contribution in [3.05, 3.63) is 78.4 Å². The quantitative estimate of drug-likeness (QED) is 0.355. The first-order valence-electron chi connectivity index (χ1n) is 10.2.